The number of hydrogen-bond donors (Lipinski definition) is 0. The second-order valence-corrected chi connectivity index (χ2v) is 4.02. The Hall–Kier alpha value is -1.52. The van der Waals surface area contributed by atoms with E-state index >= 15 is 0 Å². The van der Waals surface area contributed by atoms with Gasteiger partial charge in [0.2, 0.25) is 0 Å². The molecule has 0 bridgehead atoms. The van der Waals surface area contributed by atoms with Crippen LogP contribution < -0.4 is 0 Å². The van der Waals surface area contributed by atoms with E-state index in [1.54, 1.807) is 0 Å². The van der Waals surface area contributed by atoms with E-state index in [-0.39, 0.29) is 0 Å². The van der Waals surface area contributed by atoms with Crippen molar-refractivity contribution in [3.05, 3.63) is 42.0 Å². The molecule has 0 fully saturated rings. The average Bonchev–Trinajstić information content (AvgIpc) is 2.57. The van der Waals surface area contributed by atoms with Gasteiger partial charge in [0.25, 0.3) is 0 Å². The van der Waals surface area contributed by atoms with Crippen LogP contribution in [0.25, 0.3) is 5.57 Å². The topological polar surface area (TPSA) is 3.24 Å². The molecule has 2 rings (SSSR count). The fourth-order valence-electron chi connectivity index (χ4n) is 2.20. The highest BCUT2D eigenvalue weighted by atomic mass is 15.1. The number of rotatable bonds is 2. The van der Waals surface area contributed by atoms with Gasteiger partial charge in [-0.3, -0.25) is 4.90 Å². The summed E-state index contributed by atoms with van der Waals surface area (Å²) in [5.74, 6) is 2.68. The summed E-state index contributed by atoms with van der Waals surface area (Å²) in [5.41, 5.74) is 3.88. The first kappa shape index (κ1) is 10.0. The van der Waals surface area contributed by atoms with Gasteiger partial charge in [0.1, 0.15) is 0 Å². The molecule has 76 valence electrons. The van der Waals surface area contributed by atoms with Crippen LogP contribution in [0, 0.1) is 12.3 Å². The van der Waals surface area contributed by atoms with E-state index in [9.17, 15) is 0 Å². The first-order valence-electron chi connectivity index (χ1n) is 5.15. The zero-order valence-electron chi connectivity index (χ0n) is 9.03. The molecule has 0 aliphatic heterocycles. The van der Waals surface area contributed by atoms with Crippen LogP contribution in [-0.2, 0) is 6.42 Å². The zero-order valence-corrected chi connectivity index (χ0v) is 9.03. The standard InChI is InChI=1S/C14H15N/c1-4-9-15(3)14-10-12-7-5-6-8-13(12)11(14)2/h1,5-8,14H,2,9-10H2,3H3. The molecular formula is C14H15N. The Labute approximate surface area is 91.4 Å². The lowest BCUT2D eigenvalue weighted by Crippen LogP contribution is -2.31. The molecule has 1 aromatic rings. The number of nitrogens with zero attached hydrogens (tertiary/aromatic N) is 1. The predicted octanol–water partition coefficient (Wildman–Crippen LogP) is 2.19. The Morgan fingerprint density at radius 2 is 2.27 bits per heavy atom. The van der Waals surface area contributed by atoms with E-state index < -0.39 is 0 Å². The summed E-state index contributed by atoms with van der Waals surface area (Å²) in [6.45, 7) is 4.85. The van der Waals surface area contributed by atoms with Gasteiger partial charge in [-0.1, -0.05) is 36.8 Å². The van der Waals surface area contributed by atoms with Crippen molar-refractivity contribution >= 4 is 5.57 Å². The van der Waals surface area contributed by atoms with E-state index in [4.69, 9.17) is 6.42 Å². The summed E-state index contributed by atoms with van der Waals surface area (Å²) >= 11 is 0. The van der Waals surface area contributed by atoms with Gasteiger partial charge in [-0.05, 0) is 30.2 Å². The molecule has 1 heteroatoms. The lowest BCUT2D eigenvalue weighted by Gasteiger charge is -2.22. The molecular weight excluding hydrogens is 182 g/mol. The monoisotopic (exact) mass is 197 g/mol. The minimum Gasteiger partial charge on any atom is -0.288 e. The fourth-order valence-corrected chi connectivity index (χ4v) is 2.20. The second kappa shape index (κ2) is 3.92. The molecule has 0 aromatic heterocycles. The summed E-state index contributed by atoms with van der Waals surface area (Å²) in [6.07, 6.45) is 6.36. The third-order valence-electron chi connectivity index (χ3n) is 3.05. The highest BCUT2D eigenvalue weighted by Crippen LogP contribution is 2.33. The summed E-state index contributed by atoms with van der Waals surface area (Å²) in [6, 6.07) is 8.83. The Bertz CT molecular complexity index is 425. The fraction of sp³-hybridized carbons (Fsp3) is 0.286. The molecule has 0 amide bonds. The number of terminal acetylenes is 1. The van der Waals surface area contributed by atoms with E-state index in [0.29, 0.717) is 12.6 Å². The normalized spacial score (nSPS) is 19.0. The Balaban J connectivity index is 2.24. The second-order valence-electron chi connectivity index (χ2n) is 4.02. The molecule has 0 N–H and O–H groups in total. The van der Waals surface area contributed by atoms with Gasteiger partial charge in [-0.2, -0.15) is 0 Å². The third-order valence-corrected chi connectivity index (χ3v) is 3.05. The number of fused-ring (bicyclic) bond motifs is 1. The lowest BCUT2D eigenvalue weighted by atomic mass is 10.1. The molecule has 1 nitrogen and oxygen atoms in total. The maximum Gasteiger partial charge on any atom is 0.0601 e. The van der Waals surface area contributed by atoms with Gasteiger partial charge in [0.15, 0.2) is 0 Å². The highest BCUT2D eigenvalue weighted by molar-refractivity contribution is 5.74. The van der Waals surface area contributed by atoms with Crippen LogP contribution >= 0.6 is 0 Å². The molecule has 0 saturated heterocycles. The van der Waals surface area contributed by atoms with Crippen molar-refractivity contribution in [3.8, 4) is 12.3 Å². The molecule has 1 aromatic carbocycles. The van der Waals surface area contributed by atoms with Crippen LogP contribution in [0.1, 0.15) is 11.1 Å². The van der Waals surface area contributed by atoms with Gasteiger partial charge in [0.05, 0.1) is 6.54 Å². The summed E-state index contributed by atoms with van der Waals surface area (Å²) in [7, 11) is 2.06. The first-order valence-corrected chi connectivity index (χ1v) is 5.15. The van der Waals surface area contributed by atoms with Crippen molar-refractivity contribution in [2.75, 3.05) is 13.6 Å². The van der Waals surface area contributed by atoms with E-state index in [0.717, 1.165) is 6.42 Å². The van der Waals surface area contributed by atoms with Gasteiger partial charge in [0, 0.05) is 6.04 Å². The van der Waals surface area contributed by atoms with Crippen LogP contribution in [0.2, 0.25) is 0 Å². The van der Waals surface area contributed by atoms with Crippen molar-refractivity contribution in [2.24, 2.45) is 0 Å². The first-order chi connectivity index (χ1) is 7.24. The number of hydrogen-bond acceptors (Lipinski definition) is 1. The largest absolute Gasteiger partial charge is 0.288 e. The quantitative estimate of drug-likeness (QED) is 0.657. The molecule has 0 saturated carbocycles. The van der Waals surface area contributed by atoms with Crippen molar-refractivity contribution < 1.29 is 0 Å². The average molecular weight is 197 g/mol. The van der Waals surface area contributed by atoms with Crippen molar-refractivity contribution in [1.82, 2.24) is 4.90 Å². The van der Waals surface area contributed by atoms with Gasteiger partial charge >= 0.3 is 0 Å². The molecule has 0 heterocycles. The number of likely N-dealkylation sites (N-methyl/N-ethyl adjacent to an activating group) is 1. The molecule has 1 aliphatic rings. The molecule has 0 radical (unpaired) electrons. The van der Waals surface area contributed by atoms with Crippen LogP contribution in [0.5, 0.6) is 0 Å². The molecule has 15 heavy (non-hydrogen) atoms. The van der Waals surface area contributed by atoms with Crippen molar-refractivity contribution in [3.63, 3.8) is 0 Å². The Kier molecular flexibility index (Phi) is 2.62. The van der Waals surface area contributed by atoms with E-state index in [1.165, 1.54) is 16.7 Å². The number of benzene rings is 1. The smallest absolute Gasteiger partial charge is 0.0601 e. The zero-order chi connectivity index (χ0) is 10.8. The summed E-state index contributed by atoms with van der Waals surface area (Å²) in [4.78, 5) is 2.18. The Morgan fingerprint density at radius 3 is 2.93 bits per heavy atom. The minimum absolute atomic E-state index is 0.374. The van der Waals surface area contributed by atoms with Gasteiger partial charge < -0.3 is 0 Å². The van der Waals surface area contributed by atoms with Crippen LogP contribution in [0.3, 0.4) is 0 Å². The maximum absolute atomic E-state index is 5.33. The van der Waals surface area contributed by atoms with Crippen LogP contribution in [-0.4, -0.2) is 24.5 Å². The molecule has 1 aliphatic carbocycles. The van der Waals surface area contributed by atoms with E-state index in [1.807, 2.05) is 0 Å². The predicted molar refractivity (Wildman–Crippen MR) is 64.4 cm³/mol. The van der Waals surface area contributed by atoms with Gasteiger partial charge in [-0.15, -0.1) is 6.42 Å². The van der Waals surface area contributed by atoms with E-state index in [2.05, 4.69) is 48.7 Å². The lowest BCUT2D eigenvalue weighted by molar-refractivity contribution is 0.329. The minimum atomic E-state index is 0.374. The van der Waals surface area contributed by atoms with Crippen LogP contribution in [0.15, 0.2) is 30.8 Å². The third kappa shape index (κ3) is 1.69. The molecule has 1 atom stereocenters. The summed E-state index contributed by atoms with van der Waals surface area (Å²) in [5, 5.41) is 0. The van der Waals surface area contributed by atoms with Crippen LogP contribution in [0.4, 0.5) is 0 Å². The summed E-state index contributed by atoms with van der Waals surface area (Å²) < 4.78 is 0. The SMILES string of the molecule is C#CCN(C)C1Cc2ccccc2C1=C. The molecule has 0 spiro atoms. The highest BCUT2D eigenvalue weighted by Gasteiger charge is 2.27. The maximum atomic E-state index is 5.33. The van der Waals surface area contributed by atoms with Crippen molar-refractivity contribution in [1.29, 1.82) is 0 Å². The van der Waals surface area contributed by atoms with Gasteiger partial charge in [-0.25, -0.2) is 0 Å². The van der Waals surface area contributed by atoms with Crippen molar-refractivity contribution in [2.45, 2.75) is 12.5 Å². The molecule has 1 unspecified atom stereocenters. The Morgan fingerprint density at radius 1 is 1.53 bits per heavy atom.